The molecule has 27 heavy (non-hydrogen) atoms. The van der Waals surface area contributed by atoms with E-state index in [2.05, 4.69) is 37.1 Å². The van der Waals surface area contributed by atoms with Gasteiger partial charge in [0.1, 0.15) is 0 Å². The third-order valence-corrected chi connectivity index (χ3v) is 6.78. The number of benzene rings is 2. The molecule has 5 rings (SSSR count). The monoisotopic (exact) mass is 367 g/mol. The lowest BCUT2D eigenvalue weighted by Crippen LogP contribution is -2.50. The molecule has 0 amide bonds. The predicted octanol–water partition coefficient (Wildman–Crippen LogP) is 3.48. The van der Waals surface area contributed by atoms with E-state index in [1.807, 2.05) is 6.07 Å². The lowest BCUT2D eigenvalue weighted by Gasteiger charge is -2.47. The summed E-state index contributed by atoms with van der Waals surface area (Å²) < 4.78 is 22.7. The highest BCUT2D eigenvalue weighted by Crippen LogP contribution is 2.57. The van der Waals surface area contributed by atoms with Crippen molar-refractivity contribution in [1.29, 1.82) is 0 Å². The Hall–Kier alpha value is -2.40. The van der Waals surface area contributed by atoms with Gasteiger partial charge in [0.25, 0.3) is 0 Å². The van der Waals surface area contributed by atoms with Crippen molar-refractivity contribution in [1.82, 2.24) is 4.90 Å². The van der Waals surface area contributed by atoms with Crippen LogP contribution in [0.2, 0.25) is 0 Å². The molecule has 0 aromatic heterocycles. The number of nitrogens with zero attached hydrogens (tertiary/aromatic N) is 1. The van der Waals surface area contributed by atoms with E-state index in [-0.39, 0.29) is 5.54 Å². The number of ether oxygens (including phenoxy) is 4. The second-order valence-electron chi connectivity index (χ2n) is 7.73. The van der Waals surface area contributed by atoms with Crippen LogP contribution in [0.15, 0.2) is 24.3 Å². The summed E-state index contributed by atoms with van der Waals surface area (Å²) in [6, 6.07) is 8.61. The number of likely N-dealkylation sites (N-methyl/N-ethyl adjacent to an activating group) is 1. The molecule has 142 valence electrons. The van der Waals surface area contributed by atoms with E-state index >= 15 is 0 Å². The van der Waals surface area contributed by atoms with Gasteiger partial charge < -0.3 is 18.9 Å². The molecule has 5 heteroatoms. The minimum atomic E-state index is -0.115. The molecule has 1 aliphatic carbocycles. The maximum absolute atomic E-state index is 5.77. The van der Waals surface area contributed by atoms with Crippen LogP contribution in [0.3, 0.4) is 0 Å². The fraction of sp³-hybridized carbons (Fsp3) is 0.455. The van der Waals surface area contributed by atoms with Gasteiger partial charge in [-0.15, -0.1) is 0 Å². The molecule has 0 fully saturated rings. The van der Waals surface area contributed by atoms with Gasteiger partial charge in [-0.2, -0.15) is 0 Å². The van der Waals surface area contributed by atoms with E-state index < -0.39 is 0 Å². The standard InChI is InChI=1S/C22H25NO4/c1-13-15-5-6-18(24-3)21(25-4)16(15)11-22(13)17-10-20-19(26-12-27-20)9-14(17)7-8-23(22)2/h5-6,9-10,13H,7-8,11-12H2,1-4H3/t13-,22+/m1/s1. The second-order valence-corrected chi connectivity index (χ2v) is 7.73. The predicted molar refractivity (Wildman–Crippen MR) is 102 cm³/mol. The maximum Gasteiger partial charge on any atom is 0.231 e. The number of hydrogen-bond donors (Lipinski definition) is 0. The summed E-state index contributed by atoms with van der Waals surface area (Å²) in [6.07, 6.45) is 1.92. The summed E-state index contributed by atoms with van der Waals surface area (Å²) in [6.45, 7) is 3.65. The minimum absolute atomic E-state index is 0.115. The van der Waals surface area contributed by atoms with E-state index in [1.165, 1.54) is 22.3 Å². The van der Waals surface area contributed by atoms with Crippen molar-refractivity contribution >= 4 is 0 Å². The zero-order chi connectivity index (χ0) is 18.8. The quantitative estimate of drug-likeness (QED) is 0.813. The van der Waals surface area contributed by atoms with Crippen molar-refractivity contribution in [2.75, 3.05) is 34.6 Å². The Kier molecular flexibility index (Phi) is 3.60. The van der Waals surface area contributed by atoms with Crippen LogP contribution < -0.4 is 18.9 Å². The van der Waals surface area contributed by atoms with Crippen LogP contribution in [0.25, 0.3) is 0 Å². The van der Waals surface area contributed by atoms with Gasteiger partial charge in [0, 0.05) is 18.0 Å². The lowest BCUT2D eigenvalue weighted by molar-refractivity contribution is 0.0904. The van der Waals surface area contributed by atoms with Gasteiger partial charge in [0.2, 0.25) is 6.79 Å². The zero-order valence-electron chi connectivity index (χ0n) is 16.3. The van der Waals surface area contributed by atoms with Crippen LogP contribution in [0.4, 0.5) is 0 Å². The molecule has 2 aromatic carbocycles. The normalized spacial score (nSPS) is 25.4. The van der Waals surface area contributed by atoms with Crippen molar-refractivity contribution in [2.45, 2.75) is 31.2 Å². The molecule has 0 N–H and O–H groups in total. The van der Waals surface area contributed by atoms with Crippen molar-refractivity contribution in [3.63, 3.8) is 0 Å². The molecular formula is C22H25NO4. The molecule has 1 spiro atoms. The minimum Gasteiger partial charge on any atom is -0.493 e. The van der Waals surface area contributed by atoms with Crippen molar-refractivity contribution in [3.8, 4) is 23.0 Å². The SMILES string of the molecule is COc1ccc2c(c1OC)C[C@@]1(c3cc4c(cc3CCN1C)OCO4)[C@@H]2C. The van der Waals surface area contributed by atoms with E-state index in [0.717, 1.165) is 42.4 Å². The average Bonchev–Trinajstić information content (AvgIpc) is 3.26. The van der Waals surface area contributed by atoms with Gasteiger partial charge in [0.15, 0.2) is 23.0 Å². The van der Waals surface area contributed by atoms with Crippen LogP contribution >= 0.6 is 0 Å². The van der Waals surface area contributed by atoms with Gasteiger partial charge in [-0.3, -0.25) is 4.90 Å². The Bertz CT molecular complexity index is 925. The van der Waals surface area contributed by atoms with Crippen LogP contribution in [0, 0.1) is 0 Å². The van der Waals surface area contributed by atoms with Crippen LogP contribution in [0.5, 0.6) is 23.0 Å². The topological polar surface area (TPSA) is 40.2 Å². The second kappa shape index (κ2) is 5.80. The molecule has 2 heterocycles. The summed E-state index contributed by atoms with van der Waals surface area (Å²) in [7, 11) is 5.66. The Balaban J connectivity index is 1.71. The molecule has 0 bridgehead atoms. The van der Waals surface area contributed by atoms with E-state index in [9.17, 15) is 0 Å². The fourth-order valence-corrected chi connectivity index (χ4v) is 5.36. The van der Waals surface area contributed by atoms with Crippen LogP contribution in [-0.2, 0) is 18.4 Å². The first-order valence-electron chi connectivity index (χ1n) is 9.48. The van der Waals surface area contributed by atoms with Crippen LogP contribution in [-0.4, -0.2) is 39.5 Å². The Morgan fingerprint density at radius 1 is 1.11 bits per heavy atom. The number of methoxy groups -OCH3 is 2. The molecule has 0 radical (unpaired) electrons. The lowest BCUT2D eigenvalue weighted by atomic mass is 9.73. The molecular weight excluding hydrogens is 342 g/mol. The van der Waals surface area contributed by atoms with E-state index in [1.54, 1.807) is 14.2 Å². The smallest absolute Gasteiger partial charge is 0.231 e. The molecule has 2 aromatic rings. The third-order valence-electron chi connectivity index (χ3n) is 6.78. The van der Waals surface area contributed by atoms with Gasteiger partial charge in [-0.25, -0.2) is 0 Å². The third kappa shape index (κ3) is 2.09. The molecule has 5 nitrogen and oxygen atoms in total. The summed E-state index contributed by atoms with van der Waals surface area (Å²) in [5.41, 5.74) is 5.19. The summed E-state index contributed by atoms with van der Waals surface area (Å²) in [5.74, 6) is 3.72. The van der Waals surface area contributed by atoms with E-state index in [4.69, 9.17) is 18.9 Å². The first-order valence-corrected chi connectivity index (χ1v) is 9.48. The van der Waals surface area contributed by atoms with Crippen LogP contribution in [0.1, 0.15) is 35.1 Å². The average molecular weight is 367 g/mol. The highest BCUT2D eigenvalue weighted by molar-refractivity contribution is 5.60. The van der Waals surface area contributed by atoms with Gasteiger partial charge in [-0.1, -0.05) is 13.0 Å². The molecule has 0 unspecified atom stereocenters. The molecule has 3 aliphatic rings. The van der Waals surface area contributed by atoms with Crippen molar-refractivity contribution in [3.05, 3.63) is 46.5 Å². The molecule has 2 atom stereocenters. The van der Waals surface area contributed by atoms with Crippen molar-refractivity contribution in [2.24, 2.45) is 0 Å². The highest BCUT2D eigenvalue weighted by Gasteiger charge is 2.52. The van der Waals surface area contributed by atoms with Crippen molar-refractivity contribution < 1.29 is 18.9 Å². The summed E-state index contributed by atoms with van der Waals surface area (Å²) in [5, 5.41) is 0. The molecule has 0 saturated carbocycles. The number of rotatable bonds is 2. The fourth-order valence-electron chi connectivity index (χ4n) is 5.36. The Morgan fingerprint density at radius 3 is 2.63 bits per heavy atom. The largest absolute Gasteiger partial charge is 0.493 e. The van der Waals surface area contributed by atoms with E-state index in [0.29, 0.717) is 12.7 Å². The maximum atomic E-state index is 5.77. The first kappa shape index (κ1) is 16.8. The van der Waals surface area contributed by atoms with Gasteiger partial charge in [-0.05, 0) is 54.8 Å². The number of fused-ring (bicyclic) bond motifs is 4. The first-order chi connectivity index (χ1) is 13.1. The highest BCUT2D eigenvalue weighted by atomic mass is 16.7. The molecule has 2 aliphatic heterocycles. The molecule has 0 saturated heterocycles. The Labute approximate surface area is 159 Å². The zero-order valence-corrected chi connectivity index (χ0v) is 16.3. The van der Waals surface area contributed by atoms with Gasteiger partial charge in [0.05, 0.1) is 19.8 Å². The number of hydrogen-bond acceptors (Lipinski definition) is 5. The Morgan fingerprint density at radius 2 is 1.89 bits per heavy atom. The summed E-state index contributed by atoms with van der Waals surface area (Å²) >= 11 is 0. The van der Waals surface area contributed by atoms with Gasteiger partial charge >= 0.3 is 0 Å². The summed E-state index contributed by atoms with van der Waals surface area (Å²) in [4.78, 5) is 2.51.